The molecular weight excluding hydrogens is 236 g/mol. The molecule has 2 aromatic heterocycles. The predicted molar refractivity (Wildman–Crippen MR) is 64.2 cm³/mol. The molecule has 0 amide bonds. The SMILES string of the molecule is CC(C(=O)c1ncccn1)C(=O)c1cccs1. The van der Waals surface area contributed by atoms with Gasteiger partial charge in [-0.25, -0.2) is 9.97 Å². The number of hydrogen-bond donors (Lipinski definition) is 0. The topological polar surface area (TPSA) is 59.9 Å². The molecule has 86 valence electrons. The minimum Gasteiger partial charge on any atom is -0.292 e. The zero-order valence-electron chi connectivity index (χ0n) is 9.16. The quantitative estimate of drug-likeness (QED) is 0.613. The molecule has 2 aromatic rings. The van der Waals surface area contributed by atoms with E-state index in [1.807, 2.05) is 5.38 Å². The Labute approximate surface area is 102 Å². The zero-order chi connectivity index (χ0) is 12.3. The Bertz CT molecular complexity index is 523. The van der Waals surface area contributed by atoms with Crippen LogP contribution in [0.15, 0.2) is 36.0 Å². The van der Waals surface area contributed by atoms with Gasteiger partial charge in [0.25, 0.3) is 0 Å². The van der Waals surface area contributed by atoms with Crippen LogP contribution in [0.3, 0.4) is 0 Å². The van der Waals surface area contributed by atoms with Gasteiger partial charge in [0.2, 0.25) is 5.78 Å². The van der Waals surface area contributed by atoms with Crippen molar-refractivity contribution in [2.45, 2.75) is 6.92 Å². The minimum absolute atomic E-state index is 0.0879. The van der Waals surface area contributed by atoms with E-state index < -0.39 is 5.92 Å². The third-order valence-electron chi connectivity index (χ3n) is 2.34. The van der Waals surface area contributed by atoms with E-state index in [9.17, 15) is 9.59 Å². The summed E-state index contributed by atoms with van der Waals surface area (Å²) >= 11 is 1.33. The Hall–Kier alpha value is -1.88. The number of aromatic nitrogens is 2. The summed E-state index contributed by atoms with van der Waals surface area (Å²) in [7, 11) is 0. The molecule has 1 unspecified atom stereocenters. The van der Waals surface area contributed by atoms with Crippen LogP contribution in [0.2, 0.25) is 0 Å². The van der Waals surface area contributed by atoms with E-state index in [1.54, 1.807) is 25.1 Å². The van der Waals surface area contributed by atoms with Gasteiger partial charge in [0.1, 0.15) is 0 Å². The summed E-state index contributed by atoms with van der Waals surface area (Å²) < 4.78 is 0. The van der Waals surface area contributed by atoms with Crippen molar-refractivity contribution in [1.82, 2.24) is 9.97 Å². The van der Waals surface area contributed by atoms with Gasteiger partial charge in [-0.1, -0.05) is 6.07 Å². The summed E-state index contributed by atoms with van der Waals surface area (Å²) in [5.41, 5.74) is 0. The molecule has 0 aliphatic heterocycles. The first-order chi connectivity index (χ1) is 8.20. The smallest absolute Gasteiger partial charge is 0.210 e. The summed E-state index contributed by atoms with van der Waals surface area (Å²) in [6.07, 6.45) is 2.98. The van der Waals surface area contributed by atoms with Crippen molar-refractivity contribution >= 4 is 22.9 Å². The number of carbonyl (C=O) groups is 2. The second-order valence-electron chi connectivity index (χ2n) is 3.50. The Morgan fingerprint density at radius 3 is 2.47 bits per heavy atom. The standard InChI is InChI=1S/C12H10N2O2S/c1-8(10(15)9-4-2-7-17-9)11(16)12-13-5-3-6-14-12/h2-8H,1H3. The van der Waals surface area contributed by atoms with E-state index in [0.717, 1.165) is 0 Å². The van der Waals surface area contributed by atoms with Crippen LogP contribution in [0, 0.1) is 5.92 Å². The van der Waals surface area contributed by atoms with Crippen LogP contribution in [0.25, 0.3) is 0 Å². The van der Waals surface area contributed by atoms with Crippen molar-refractivity contribution in [2.24, 2.45) is 5.92 Å². The zero-order valence-corrected chi connectivity index (χ0v) is 9.98. The second kappa shape index (κ2) is 4.97. The second-order valence-corrected chi connectivity index (χ2v) is 4.45. The van der Waals surface area contributed by atoms with Gasteiger partial charge in [0, 0.05) is 12.4 Å². The van der Waals surface area contributed by atoms with Crippen molar-refractivity contribution < 1.29 is 9.59 Å². The number of hydrogen-bond acceptors (Lipinski definition) is 5. The lowest BCUT2D eigenvalue weighted by Crippen LogP contribution is -2.22. The highest BCUT2D eigenvalue weighted by molar-refractivity contribution is 7.12. The van der Waals surface area contributed by atoms with Crippen molar-refractivity contribution in [2.75, 3.05) is 0 Å². The van der Waals surface area contributed by atoms with Gasteiger partial charge in [-0.15, -0.1) is 11.3 Å². The average molecular weight is 246 g/mol. The van der Waals surface area contributed by atoms with Gasteiger partial charge < -0.3 is 0 Å². The molecule has 1 atom stereocenters. The number of Topliss-reactive ketones (excluding diaryl/α,β-unsaturated/α-hetero) is 2. The molecule has 0 saturated heterocycles. The molecule has 0 radical (unpaired) electrons. The molecule has 0 aromatic carbocycles. The van der Waals surface area contributed by atoms with Crippen molar-refractivity contribution in [3.8, 4) is 0 Å². The van der Waals surface area contributed by atoms with E-state index in [1.165, 1.54) is 23.7 Å². The molecule has 0 bridgehead atoms. The van der Waals surface area contributed by atoms with Gasteiger partial charge in [0.05, 0.1) is 10.8 Å². The van der Waals surface area contributed by atoms with Crippen LogP contribution in [-0.2, 0) is 0 Å². The third-order valence-corrected chi connectivity index (χ3v) is 3.22. The average Bonchev–Trinajstić information content (AvgIpc) is 2.91. The van der Waals surface area contributed by atoms with Crippen molar-refractivity contribution in [1.29, 1.82) is 0 Å². The molecule has 0 fully saturated rings. The first-order valence-corrected chi connectivity index (χ1v) is 5.97. The maximum atomic E-state index is 12.0. The molecule has 0 aliphatic rings. The van der Waals surface area contributed by atoms with Crippen LogP contribution in [0.4, 0.5) is 0 Å². The monoisotopic (exact) mass is 246 g/mol. The summed E-state index contributed by atoms with van der Waals surface area (Å²) in [6, 6.07) is 5.12. The fourth-order valence-electron chi connectivity index (χ4n) is 1.37. The normalized spacial score (nSPS) is 12.1. The van der Waals surface area contributed by atoms with E-state index in [-0.39, 0.29) is 17.4 Å². The Morgan fingerprint density at radius 1 is 1.18 bits per heavy atom. The van der Waals surface area contributed by atoms with Crippen LogP contribution >= 0.6 is 11.3 Å². The molecule has 17 heavy (non-hydrogen) atoms. The summed E-state index contributed by atoms with van der Waals surface area (Å²) in [6.45, 7) is 1.58. The molecule has 5 heteroatoms. The third kappa shape index (κ3) is 2.45. The lowest BCUT2D eigenvalue weighted by atomic mass is 9.99. The van der Waals surface area contributed by atoms with Crippen molar-refractivity contribution in [3.05, 3.63) is 46.7 Å². The van der Waals surface area contributed by atoms with E-state index in [2.05, 4.69) is 9.97 Å². The van der Waals surface area contributed by atoms with Gasteiger partial charge in [-0.05, 0) is 24.4 Å². The highest BCUT2D eigenvalue weighted by Gasteiger charge is 2.26. The predicted octanol–water partition coefficient (Wildman–Crippen LogP) is 2.24. The summed E-state index contributed by atoms with van der Waals surface area (Å²) in [5.74, 6) is -1.18. The Kier molecular flexibility index (Phi) is 3.39. The molecule has 0 aliphatic carbocycles. The number of thiophene rings is 1. The van der Waals surface area contributed by atoms with Gasteiger partial charge in [-0.3, -0.25) is 9.59 Å². The highest BCUT2D eigenvalue weighted by atomic mass is 32.1. The van der Waals surface area contributed by atoms with Crippen molar-refractivity contribution in [3.63, 3.8) is 0 Å². The van der Waals surface area contributed by atoms with Gasteiger partial charge >= 0.3 is 0 Å². The fraction of sp³-hybridized carbons (Fsp3) is 0.167. The molecular formula is C12H10N2O2S. The van der Waals surface area contributed by atoms with Gasteiger partial charge in [0.15, 0.2) is 11.6 Å². The molecule has 0 spiro atoms. The van der Waals surface area contributed by atoms with Gasteiger partial charge in [-0.2, -0.15) is 0 Å². The number of nitrogens with zero attached hydrogens (tertiary/aromatic N) is 2. The minimum atomic E-state index is -0.740. The number of ketones is 2. The lowest BCUT2D eigenvalue weighted by Gasteiger charge is -2.06. The van der Waals surface area contributed by atoms with E-state index in [4.69, 9.17) is 0 Å². The molecule has 2 heterocycles. The molecule has 4 nitrogen and oxygen atoms in total. The molecule has 0 saturated carbocycles. The van der Waals surface area contributed by atoms with Crippen LogP contribution < -0.4 is 0 Å². The van der Waals surface area contributed by atoms with E-state index >= 15 is 0 Å². The maximum absolute atomic E-state index is 12.0. The molecule has 2 rings (SSSR count). The Morgan fingerprint density at radius 2 is 1.88 bits per heavy atom. The first-order valence-electron chi connectivity index (χ1n) is 5.09. The molecule has 0 N–H and O–H groups in total. The summed E-state index contributed by atoms with van der Waals surface area (Å²) in [4.78, 5) is 32.2. The van der Waals surface area contributed by atoms with Crippen LogP contribution in [-0.4, -0.2) is 21.5 Å². The number of rotatable bonds is 4. The van der Waals surface area contributed by atoms with Crippen LogP contribution in [0.5, 0.6) is 0 Å². The Balaban J connectivity index is 2.19. The highest BCUT2D eigenvalue weighted by Crippen LogP contribution is 2.16. The number of carbonyl (C=O) groups excluding carboxylic acids is 2. The fourth-order valence-corrected chi connectivity index (χ4v) is 2.13. The first kappa shape index (κ1) is 11.6. The largest absolute Gasteiger partial charge is 0.292 e. The lowest BCUT2D eigenvalue weighted by molar-refractivity contribution is 0.0816. The maximum Gasteiger partial charge on any atom is 0.210 e. The summed E-state index contributed by atoms with van der Waals surface area (Å²) in [5, 5.41) is 1.81. The van der Waals surface area contributed by atoms with E-state index in [0.29, 0.717) is 4.88 Å². The van der Waals surface area contributed by atoms with Crippen LogP contribution in [0.1, 0.15) is 27.2 Å².